The Morgan fingerprint density at radius 2 is 1.45 bits per heavy atom. The van der Waals surface area contributed by atoms with Crippen LogP contribution in [0.5, 0.6) is 0 Å². The van der Waals surface area contributed by atoms with Gasteiger partial charge in [0.15, 0.2) is 0 Å². The highest BCUT2D eigenvalue weighted by atomic mass is 16.5. The predicted octanol–water partition coefficient (Wildman–Crippen LogP) is 4.43. The number of hydrogen-bond acceptors (Lipinski definition) is 3. The molecule has 0 bridgehead atoms. The van der Waals surface area contributed by atoms with Gasteiger partial charge >= 0.3 is 5.97 Å². The molecule has 1 unspecified atom stereocenters. The van der Waals surface area contributed by atoms with Crippen molar-refractivity contribution in [3.63, 3.8) is 0 Å². The van der Waals surface area contributed by atoms with E-state index in [2.05, 4.69) is 6.92 Å². The summed E-state index contributed by atoms with van der Waals surface area (Å²) in [6, 6.07) is 0. The summed E-state index contributed by atoms with van der Waals surface area (Å²) in [5, 5.41) is 0. The zero-order valence-electron chi connectivity index (χ0n) is 13.0. The summed E-state index contributed by atoms with van der Waals surface area (Å²) in [7, 11) is 0. The van der Waals surface area contributed by atoms with Crippen molar-refractivity contribution in [1.82, 2.24) is 0 Å². The SMILES string of the molecule is CCC1COC(=O)CCCCCCCCCCC(=O)C1. The van der Waals surface area contributed by atoms with Gasteiger partial charge in [-0.3, -0.25) is 9.59 Å². The van der Waals surface area contributed by atoms with Gasteiger partial charge in [0.05, 0.1) is 6.61 Å². The third-order valence-electron chi connectivity index (χ3n) is 4.16. The Hall–Kier alpha value is -0.860. The zero-order chi connectivity index (χ0) is 14.6. The summed E-state index contributed by atoms with van der Waals surface area (Å²) in [6.45, 7) is 2.48. The van der Waals surface area contributed by atoms with Crippen molar-refractivity contribution in [1.29, 1.82) is 0 Å². The second-order valence-corrected chi connectivity index (χ2v) is 6.03. The summed E-state index contributed by atoms with van der Waals surface area (Å²) in [4.78, 5) is 23.5. The quantitative estimate of drug-likeness (QED) is 0.668. The highest BCUT2D eigenvalue weighted by molar-refractivity contribution is 5.78. The van der Waals surface area contributed by atoms with E-state index < -0.39 is 0 Å². The number of rotatable bonds is 1. The summed E-state index contributed by atoms with van der Waals surface area (Å²) >= 11 is 0. The van der Waals surface area contributed by atoms with Crippen molar-refractivity contribution in [3.05, 3.63) is 0 Å². The van der Waals surface area contributed by atoms with Gasteiger partial charge in [-0.1, -0.05) is 45.4 Å². The van der Waals surface area contributed by atoms with Gasteiger partial charge in [0.25, 0.3) is 0 Å². The van der Waals surface area contributed by atoms with E-state index in [9.17, 15) is 9.59 Å². The fourth-order valence-corrected chi connectivity index (χ4v) is 2.68. The van der Waals surface area contributed by atoms with Crippen molar-refractivity contribution >= 4 is 11.8 Å². The molecule has 1 fully saturated rings. The highest BCUT2D eigenvalue weighted by Gasteiger charge is 2.14. The maximum atomic E-state index is 11.9. The molecular weight excluding hydrogens is 252 g/mol. The molecule has 0 N–H and O–H groups in total. The van der Waals surface area contributed by atoms with Gasteiger partial charge in [0, 0.05) is 19.3 Å². The van der Waals surface area contributed by atoms with Gasteiger partial charge in [0.2, 0.25) is 0 Å². The maximum absolute atomic E-state index is 11.9. The average molecular weight is 282 g/mol. The van der Waals surface area contributed by atoms with Crippen LogP contribution in [0.25, 0.3) is 0 Å². The Bertz CT molecular complexity index is 286. The Kier molecular flexibility index (Phi) is 9.35. The van der Waals surface area contributed by atoms with E-state index in [0.29, 0.717) is 31.7 Å². The number of ether oxygens (including phenoxy) is 1. The molecule has 0 saturated carbocycles. The van der Waals surface area contributed by atoms with E-state index in [4.69, 9.17) is 4.74 Å². The molecule has 3 nitrogen and oxygen atoms in total. The lowest BCUT2D eigenvalue weighted by Gasteiger charge is -2.14. The van der Waals surface area contributed by atoms with Gasteiger partial charge in [-0.2, -0.15) is 0 Å². The van der Waals surface area contributed by atoms with Crippen LogP contribution in [0.15, 0.2) is 0 Å². The molecule has 0 aliphatic carbocycles. The molecule has 1 heterocycles. The molecule has 0 amide bonds. The van der Waals surface area contributed by atoms with Gasteiger partial charge in [-0.25, -0.2) is 0 Å². The molecule has 20 heavy (non-hydrogen) atoms. The van der Waals surface area contributed by atoms with Crippen molar-refractivity contribution in [2.24, 2.45) is 5.92 Å². The fourth-order valence-electron chi connectivity index (χ4n) is 2.68. The second-order valence-electron chi connectivity index (χ2n) is 6.03. The highest BCUT2D eigenvalue weighted by Crippen LogP contribution is 2.16. The minimum absolute atomic E-state index is 0.0945. The Balaban J connectivity index is 2.39. The maximum Gasteiger partial charge on any atom is 0.305 e. The molecule has 1 aliphatic heterocycles. The molecule has 0 aromatic rings. The topological polar surface area (TPSA) is 43.4 Å². The summed E-state index contributed by atoms with van der Waals surface area (Å²) in [6.07, 6.45) is 11.9. The minimum atomic E-state index is -0.0945. The van der Waals surface area contributed by atoms with E-state index in [0.717, 1.165) is 25.7 Å². The third kappa shape index (κ3) is 8.34. The molecule has 1 rings (SSSR count). The molecule has 0 aromatic heterocycles. The van der Waals surface area contributed by atoms with E-state index in [1.807, 2.05) is 0 Å². The average Bonchev–Trinajstić information content (AvgIpc) is 2.44. The number of ketones is 1. The van der Waals surface area contributed by atoms with Crippen LogP contribution in [0.3, 0.4) is 0 Å². The number of esters is 1. The van der Waals surface area contributed by atoms with Gasteiger partial charge in [-0.05, 0) is 25.2 Å². The number of carbonyl (C=O) groups excluding carboxylic acids is 2. The Morgan fingerprint density at radius 1 is 0.900 bits per heavy atom. The van der Waals surface area contributed by atoms with Crippen LogP contribution in [0.1, 0.15) is 84.0 Å². The lowest BCUT2D eigenvalue weighted by atomic mass is 9.97. The molecule has 116 valence electrons. The number of carbonyl (C=O) groups is 2. The standard InChI is InChI=1S/C17H30O3/c1-2-15-13-16(18)11-9-7-5-3-4-6-8-10-12-17(19)20-14-15/h15H,2-14H2,1H3. The van der Waals surface area contributed by atoms with Gasteiger partial charge < -0.3 is 4.74 Å². The lowest BCUT2D eigenvalue weighted by Crippen LogP contribution is -2.17. The first-order valence-corrected chi connectivity index (χ1v) is 8.39. The Morgan fingerprint density at radius 3 is 2.05 bits per heavy atom. The van der Waals surface area contributed by atoms with Crippen LogP contribution in [0.4, 0.5) is 0 Å². The van der Waals surface area contributed by atoms with Gasteiger partial charge in [-0.15, -0.1) is 0 Å². The van der Waals surface area contributed by atoms with E-state index in [1.165, 1.54) is 32.1 Å². The largest absolute Gasteiger partial charge is 0.465 e. The Labute approximate surface area is 123 Å². The third-order valence-corrected chi connectivity index (χ3v) is 4.16. The first-order valence-electron chi connectivity index (χ1n) is 8.39. The van der Waals surface area contributed by atoms with Crippen LogP contribution in [-0.2, 0) is 14.3 Å². The molecule has 1 atom stereocenters. The summed E-state index contributed by atoms with van der Waals surface area (Å²) in [5.41, 5.74) is 0. The first kappa shape index (κ1) is 17.2. The van der Waals surface area contributed by atoms with Crippen molar-refractivity contribution in [2.75, 3.05) is 6.61 Å². The monoisotopic (exact) mass is 282 g/mol. The van der Waals surface area contributed by atoms with Crippen LogP contribution in [-0.4, -0.2) is 18.4 Å². The van der Waals surface area contributed by atoms with Crippen molar-refractivity contribution < 1.29 is 14.3 Å². The van der Waals surface area contributed by atoms with Gasteiger partial charge in [0.1, 0.15) is 5.78 Å². The van der Waals surface area contributed by atoms with E-state index in [-0.39, 0.29) is 11.9 Å². The molecule has 0 radical (unpaired) electrons. The predicted molar refractivity (Wildman–Crippen MR) is 80.5 cm³/mol. The number of Topliss-reactive ketones (excluding diaryl/α,β-unsaturated/α-hetero) is 1. The zero-order valence-corrected chi connectivity index (χ0v) is 13.0. The minimum Gasteiger partial charge on any atom is -0.465 e. The van der Waals surface area contributed by atoms with E-state index >= 15 is 0 Å². The summed E-state index contributed by atoms with van der Waals surface area (Å²) in [5.74, 6) is 0.447. The molecular formula is C17H30O3. The van der Waals surface area contributed by atoms with E-state index in [1.54, 1.807) is 0 Å². The molecule has 0 aromatic carbocycles. The molecule has 3 heteroatoms. The first-order chi connectivity index (χ1) is 9.72. The second kappa shape index (κ2) is 10.9. The fraction of sp³-hybridized carbons (Fsp3) is 0.882. The molecule has 1 aliphatic rings. The number of cyclic esters (lactones) is 1. The van der Waals surface area contributed by atoms with Crippen molar-refractivity contribution in [3.8, 4) is 0 Å². The van der Waals surface area contributed by atoms with Crippen LogP contribution < -0.4 is 0 Å². The van der Waals surface area contributed by atoms with Crippen LogP contribution >= 0.6 is 0 Å². The molecule has 1 saturated heterocycles. The normalized spacial score (nSPS) is 25.1. The number of hydrogen-bond donors (Lipinski definition) is 0. The van der Waals surface area contributed by atoms with Crippen LogP contribution in [0, 0.1) is 5.92 Å². The lowest BCUT2D eigenvalue weighted by molar-refractivity contribution is -0.145. The van der Waals surface area contributed by atoms with Crippen molar-refractivity contribution in [2.45, 2.75) is 84.0 Å². The summed E-state index contributed by atoms with van der Waals surface area (Å²) < 4.78 is 5.30. The smallest absolute Gasteiger partial charge is 0.305 e. The molecule has 0 spiro atoms. The van der Waals surface area contributed by atoms with Crippen LogP contribution in [0.2, 0.25) is 0 Å².